The Morgan fingerprint density at radius 2 is 1.96 bits per heavy atom. The number of benzene rings is 1. The fourth-order valence-corrected chi connectivity index (χ4v) is 3.35. The van der Waals surface area contributed by atoms with Gasteiger partial charge in [0.25, 0.3) is 0 Å². The Kier molecular flexibility index (Phi) is 6.09. The molecule has 0 atom stereocenters. The fourth-order valence-electron chi connectivity index (χ4n) is 3.35. The monoisotopic (exact) mass is 366 g/mol. The van der Waals surface area contributed by atoms with Gasteiger partial charge < -0.3 is 9.80 Å². The van der Waals surface area contributed by atoms with Gasteiger partial charge >= 0.3 is 0 Å². The van der Waals surface area contributed by atoms with Gasteiger partial charge in [-0.3, -0.25) is 4.79 Å². The van der Waals surface area contributed by atoms with E-state index < -0.39 is 0 Å². The zero-order valence-corrected chi connectivity index (χ0v) is 16.9. The summed E-state index contributed by atoms with van der Waals surface area (Å²) in [5.74, 6) is 1.96. The maximum atomic E-state index is 12.5. The van der Waals surface area contributed by atoms with Gasteiger partial charge in [-0.15, -0.1) is 0 Å². The first-order chi connectivity index (χ1) is 13.0. The van der Waals surface area contributed by atoms with Crippen molar-refractivity contribution in [1.82, 2.24) is 14.9 Å². The lowest BCUT2D eigenvalue weighted by atomic mass is 10.0. The van der Waals surface area contributed by atoms with Gasteiger partial charge in [-0.25, -0.2) is 9.97 Å². The SMILES string of the molecule is CCCCC(=O)N1CCc2nc(-c3ccccc3)nc(N(C)C(C)C)c2C1. The van der Waals surface area contributed by atoms with Crippen LogP contribution in [0.4, 0.5) is 5.82 Å². The first-order valence-corrected chi connectivity index (χ1v) is 9.97. The molecular formula is C22H30N4O. The van der Waals surface area contributed by atoms with E-state index in [9.17, 15) is 4.79 Å². The molecule has 0 radical (unpaired) electrons. The number of nitrogens with zero attached hydrogens (tertiary/aromatic N) is 4. The van der Waals surface area contributed by atoms with Crippen molar-refractivity contribution < 1.29 is 4.79 Å². The van der Waals surface area contributed by atoms with Crippen LogP contribution >= 0.6 is 0 Å². The Balaban J connectivity index is 1.98. The van der Waals surface area contributed by atoms with E-state index in [4.69, 9.17) is 9.97 Å². The van der Waals surface area contributed by atoms with Crippen LogP contribution in [0.5, 0.6) is 0 Å². The minimum atomic E-state index is 0.243. The molecule has 2 heterocycles. The lowest BCUT2D eigenvalue weighted by Crippen LogP contribution is -2.38. The molecule has 0 N–H and O–H groups in total. The summed E-state index contributed by atoms with van der Waals surface area (Å²) in [6.07, 6.45) is 3.41. The maximum absolute atomic E-state index is 12.5. The van der Waals surface area contributed by atoms with Crippen LogP contribution in [0.15, 0.2) is 30.3 Å². The van der Waals surface area contributed by atoms with Gasteiger partial charge in [-0.2, -0.15) is 0 Å². The highest BCUT2D eigenvalue weighted by molar-refractivity contribution is 5.77. The summed E-state index contributed by atoms with van der Waals surface area (Å²) in [6, 6.07) is 10.4. The van der Waals surface area contributed by atoms with Crippen molar-refractivity contribution in [2.75, 3.05) is 18.5 Å². The normalized spacial score (nSPS) is 13.6. The van der Waals surface area contributed by atoms with Crippen molar-refractivity contribution >= 4 is 11.7 Å². The quantitative estimate of drug-likeness (QED) is 0.773. The number of carbonyl (C=O) groups excluding carboxylic acids is 1. The number of hydrogen-bond donors (Lipinski definition) is 0. The molecule has 0 unspecified atom stereocenters. The van der Waals surface area contributed by atoms with E-state index in [-0.39, 0.29) is 5.91 Å². The topological polar surface area (TPSA) is 49.3 Å². The van der Waals surface area contributed by atoms with Crippen LogP contribution in [0.3, 0.4) is 0 Å². The van der Waals surface area contributed by atoms with Gasteiger partial charge in [0, 0.05) is 43.6 Å². The summed E-state index contributed by atoms with van der Waals surface area (Å²) >= 11 is 0. The second kappa shape index (κ2) is 8.51. The highest BCUT2D eigenvalue weighted by Crippen LogP contribution is 2.30. The molecule has 144 valence electrons. The van der Waals surface area contributed by atoms with E-state index >= 15 is 0 Å². The van der Waals surface area contributed by atoms with Crippen molar-refractivity contribution in [2.24, 2.45) is 0 Å². The average molecular weight is 367 g/mol. The Hall–Kier alpha value is -2.43. The predicted octanol–water partition coefficient (Wildman–Crippen LogP) is 4.06. The van der Waals surface area contributed by atoms with Gasteiger partial charge in [0.2, 0.25) is 5.91 Å². The molecule has 5 nitrogen and oxygen atoms in total. The molecule has 27 heavy (non-hydrogen) atoms. The van der Waals surface area contributed by atoms with Crippen molar-refractivity contribution in [3.63, 3.8) is 0 Å². The van der Waals surface area contributed by atoms with Crippen LogP contribution < -0.4 is 4.90 Å². The van der Waals surface area contributed by atoms with Crippen molar-refractivity contribution in [3.05, 3.63) is 41.6 Å². The number of fused-ring (bicyclic) bond motifs is 1. The molecule has 1 aliphatic heterocycles. The Morgan fingerprint density at radius 1 is 1.22 bits per heavy atom. The molecule has 0 saturated heterocycles. The highest BCUT2D eigenvalue weighted by atomic mass is 16.2. The average Bonchev–Trinajstić information content (AvgIpc) is 2.70. The number of amides is 1. The lowest BCUT2D eigenvalue weighted by Gasteiger charge is -2.33. The van der Waals surface area contributed by atoms with Crippen LogP contribution in [-0.4, -0.2) is 40.4 Å². The number of carbonyl (C=O) groups is 1. The predicted molar refractivity (Wildman–Crippen MR) is 110 cm³/mol. The van der Waals surface area contributed by atoms with E-state index in [0.717, 1.165) is 54.3 Å². The van der Waals surface area contributed by atoms with Crippen molar-refractivity contribution in [2.45, 2.75) is 59.0 Å². The third-order valence-electron chi connectivity index (χ3n) is 5.28. The first kappa shape index (κ1) is 19.3. The number of hydrogen-bond acceptors (Lipinski definition) is 4. The van der Waals surface area contributed by atoms with E-state index in [0.29, 0.717) is 19.0 Å². The second-order valence-electron chi connectivity index (χ2n) is 7.54. The molecular weight excluding hydrogens is 336 g/mol. The molecule has 1 aromatic heterocycles. The first-order valence-electron chi connectivity index (χ1n) is 9.97. The highest BCUT2D eigenvalue weighted by Gasteiger charge is 2.27. The molecule has 0 saturated carbocycles. The number of unbranched alkanes of at least 4 members (excludes halogenated alkanes) is 1. The van der Waals surface area contributed by atoms with Crippen LogP contribution in [0.25, 0.3) is 11.4 Å². The standard InChI is InChI=1S/C22H30N4O/c1-5-6-12-20(27)26-14-13-19-18(15-26)22(25(4)16(2)3)24-21(23-19)17-10-8-7-9-11-17/h7-11,16H,5-6,12-15H2,1-4H3. The van der Waals surface area contributed by atoms with Crippen molar-refractivity contribution in [3.8, 4) is 11.4 Å². The Morgan fingerprint density at radius 3 is 2.63 bits per heavy atom. The van der Waals surface area contributed by atoms with E-state index in [1.807, 2.05) is 35.2 Å². The van der Waals surface area contributed by atoms with E-state index in [1.54, 1.807) is 0 Å². The summed E-state index contributed by atoms with van der Waals surface area (Å²) in [7, 11) is 2.07. The molecule has 3 rings (SSSR count). The smallest absolute Gasteiger partial charge is 0.222 e. The van der Waals surface area contributed by atoms with Crippen LogP contribution in [0.1, 0.15) is 51.3 Å². The van der Waals surface area contributed by atoms with Gasteiger partial charge in [0.15, 0.2) is 5.82 Å². The Labute approximate surface area is 162 Å². The summed E-state index contributed by atoms with van der Waals surface area (Å²) in [6.45, 7) is 7.78. The molecule has 0 bridgehead atoms. The van der Waals surface area contributed by atoms with Gasteiger partial charge in [-0.05, 0) is 20.3 Å². The fraction of sp³-hybridized carbons (Fsp3) is 0.500. The molecule has 0 fully saturated rings. The third-order valence-corrected chi connectivity index (χ3v) is 5.28. The minimum absolute atomic E-state index is 0.243. The molecule has 1 amide bonds. The number of anilines is 1. The van der Waals surface area contributed by atoms with Crippen LogP contribution in [0.2, 0.25) is 0 Å². The summed E-state index contributed by atoms with van der Waals surface area (Å²) in [5.41, 5.74) is 3.20. The summed E-state index contributed by atoms with van der Waals surface area (Å²) in [4.78, 5) is 26.5. The zero-order chi connectivity index (χ0) is 19.4. The summed E-state index contributed by atoms with van der Waals surface area (Å²) < 4.78 is 0. The van der Waals surface area contributed by atoms with Gasteiger partial charge in [0.05, 0.1) is 12.2 Å². The molecule has 0 spiro atoms. The van der Waals surface area contributed by atoms with Gasteiger partial charge in [-0.1, -0.05) is 43.7 Å². The molecule has 5 heteroatoms. The van der Waals surface area contributed by atoms with E-state index in [2.05, 4.69) is 32.7 Å². The number of rotatable bonds is 6. The lowest BCUT2D eigenvalue weighted by molar-refractivity contribution is -0.132. The number of aromatic nitrogens is 2. The van der Waals surface area contributed by atoms with Crippen LogP contribution in [0, 0.1) is 0 Å². The van der Waals surface area contributed by atoms with Crippen molar-refractivity contribution in [1.29, 1.82) is 0 Å². The largest absolute Gasteiger partial charge is 0.357 e. The minimum Gasteiger partial charge on any atom is -0.357 e. The second-order valence-corrected chi connectivity index (χ2v) is 7.54. The molecule has 1 aliphatic rings. The molecule has 0 aliphatic carbocycles. The third kappa shape index (κ3) is 4.29. The van der Waals surface area contributed by atoms with Gasteiger partial charge in [0.1, 0.15) is 5.82 Å². The zero-order valence-electron chi connectivity index (χ0n) is 16.9. The summed E-state index contributed by atoms with van der Waals surface area (Å²) in [5, 5.41) is 0. The maximum Gasteiger partial charge on any atom is 0.222 e. The van der Waals surface area contributed by atoms with Crippen LogP contribution in [-0.2, 0) is 17.8 Å². The Bertz CT molecular complexity index is 788. The molecule has 2 aromatic rings. The molecule has 1 aromatic carbocycles. The van der Waals surface area contributed by atoms with E-state index in [1.165, 1.54) is 0 Å².